The fraction of sp³-hybridized carbons (Fsp3) is 0.433. The maximum atomic E-state index is 13.6. The number of esters is 2. The van der Waals surface area contributed by atoms with Gasteiger partial charge >= 0.3 is 18.0 Å². The zero-order valence-electron chi connectivity index (χ0n) is 23.0. The lowest BCUT2D eigenvalue weighted by molar-refractivity contribution is -0.164. The van der Waals surface area contributed by atoms with E-state index in [0.717, 1.165) is 11.1 Å². The number of hydrogen-bond acceptors (Lipinski definition) is 7. The normalized spacial score (nSPS) is 17.0. The molecular formula is C30H37NO7. The molecule has 8 heteroatoms. The van der Waals surface area contributed by atoms with Crippen LogP contribution in [0.1, 0.15) is 69.4 Å². The molecule has 0 unspecified atom stereocenters. The van der Waals surface area contributed by atoms with Gasteiger partial charge in [-0.2, -0.15) is 0 Å². The molecule has 2 aromatic carbocycles. The van der Waals surface area contributed by atoms with Gasteiger partial charge in [0, 0.05) is 12.0 Å². The minimum atomic E-state index is -1.37. The summed E-state index contributed by atoms with van der Waals surface area (Å²) in [6, 6.07) is 12.3. The van der Waals surface area contributed by atoms with Crippen LogP contribution in [0.5, 0.6) is 11.5 Å². The number of para-hydroxylation sites is 1. The van der Waals surface area contributed by atoms with Crippen molar-refractivity contribution < 1.29 is 33.3 Å². The summed E-state index contributed by atoms with van der Waals surface area (Å²) in [5.74, 6) is -0.321. The molecule has 0 aromatic heterocycles. The van der Waals surface area contributed by atoms with Gasteiger partial charge in [-0.25, -0.2) is 14.4 Å². The smallest absolute Gasteiger partial charge is 0.408 e. The topological polar surface area (TPSA) is 100 Å². The highest BCUT2D eigenvalue weighted by Crippen LogP contribution is 2.38. The van der Waals surface area contributed by atoms with Gasteiger partial charge in [0.25, 0.3) is 0 Å². The van der Waals surface area contributed by atoms with E-state index >= 15 is 0 Å². The van der Waals surface area contributed by atoms with Gasteiger partial charge in [-0.05, 0) is 78.1 Å². The van der Waals surface area contributed by atoms with Crippen LogP contribution >= 0.6 is 0 Å². The largest absolute Gasteiger partial charge is 0.458 e. The summed E-state index contributed by atoms with van der Waals surface area (Å²) in [5, 5.41) is 2.82. The molecule has 3 rings (SSSR count). The summed E-state index contributed by atoms with van der Waals surface area (Å²) in [4.78, 5) is 39.0. The quantitative estimate of drug-likeness (QED) is 0.273. The van der Waals surface area contributed by atoms with Crippen LogP contribution in [0.4, 0.5) is 4.79 Å². The van der Waals surface area contributed by atoms with Crippen molar-refractivity contribution in [2.75, 3.05) is 6.61 Å². The molecule has 0 heterocycles. The number of nitrogens with one attached hydrogen (secondary N) is 1. The molecule has 0 radical (unpaired) electrons. The first-order valence-corrected chi connectivity index (χ1v) is 12.6. The second-order valence-corrected chi connectivity index (χ2v) is 11.3. The lowest BCUT2D eigenvalue weighted by Crippen LogP contribution is -2.60. The molecule has 0 aliphatic heterocycles. The van der Waals surface area contributed by atoms with Crippen molar-refractivity contribution in [3.05, 3.63) is 71.8 Å². The number of benzene rings is 2. The fourth-order valence-corrected chi connectivity index (χ4v) is 4.14. The number of alkyl carbamates (subject to hydrolysis) is 1. The molecule has 0 saturated carbocycles. The molecular weight excluding hydrogens is 486 g/mol. The molecule has 0 bridgehead atoms. The number of fused-ring (bicyclic) bond motifs is 1. The van der Waals surface area contributed by atoms with Crippen molar-refractivity contribution in [1.29, 1.82) is 0 Å². The molecule has 1 amide bonds. The first-order chi connectivity index (χ1) is 17.7. The Morgan fingerprint density at radius 1 is 0.947 bits per heavy atom. The molecule has 2 aromatic rings. The van der Waals surface area contributed by atoms with Crippen LogP contribution in [0.25, 0.3) is 0 Å². The molecule has 38 heavy (non-hydrogen) atoms. The van der Waals surface area contributed by atoms with Crippen molar-refractivity contribution in [2.24, 2.45) is 0 Å². The highest BCUT2D eigenvalue weighted by molar-refractivity contribution is 5.92. The Morgan fingerprint density at radius 2 is 1.61 bits per heavy atom. The Kier molecular flexibility index (Phi) is 8.54. The Bertz CT molecular complexity index is 1210. The van der Waals surface area contributed by atoms with Gasteiger partial charge in [0.2, 0.25) is 0 Å². The average Bonchev–Trinajstić information content (AvgIpc) is 2.81. The van der Waals surface area contributed by atoms with Crippen LogP contribution in [0, 0.1) is 0 Å². The highest BCUT2D eigenvalue weighted by atomic mass is 16.6. The van der Waals surface area contributed by atoms with Crippen molar-refractivity contribution in [3.8, 4) is 11.5 Å². The predicted molar refractivity (Wildman–Crippen MR) is 143 cm³/mol. The monoisotopic (exact) mass is 523 g/mol. The zero-order valence-corrected chi connectivity index (χ0v) is 23.0. The second kappa shape index (κ2) is 11.3. The van der Waals surface area contributed by atoms with E-state index in [1.54, 1.807) is 71.9 Å². The van der Waals surface area contributed by atoms with Crippen LogP contribution in [0.3, 0.4) is 0 Å². The van der Waals surface area contributed by atoms with Gasteiger partial charge in [-0.15, -0.1) is 0 Å². The molecule has 1 N–H and O–H groups in total. The third kappa shape index (κ3) is 7.37. The van der Waals surface area contributed by atoms with E-state index in [9.17, 15) is 14.4 Å². The molecule has 1 aliphatic rings. The van der Waals surface area contributed by atoms with Crippen molar-refractivity contribution in [1.82, 2.24) is 5.32 Å². The third-order valence-corrected chi connectivity index (χ3v) is 5.72. The van der Waals surface area contributed by atoms with Crippen LogP contribution in [0.15, 0.2) is 55.1 Å². The van der Waals surface area contributed by atoms with Gasteiger partial charge in [-0.1, -0.05) is 36.9 Å². The molecule has 0 fully saturated rings. The third-order valence-electron chi connectivity index (χ3n) is 5.72. The van der Waals surface area contributed by atoms with Gasteiger partial charge in [0.15, 0.2) is 0 Å². The number of hydrogen-bond donors (Lipinski definition) is 1. The summed E-state index contributed by atoms with van der Waals surface area (Å²) >= 11 is 0. The molecule has 0 spiro atoms. The summed E-state index contributed by atoms with van der Waals surface area (Å²) in [5.41, 5.74) is -0.919. The summed E-state index contributed by atoms with van der Waals surface area (Å²) < 4.78 is 22.7. The van der Waals surface area contributed by atoms with Crippen LogP contribution < -0.4 is 10.1 Å². The number of ether oxygens (including phenoxy) is 4. The summed E-state index contributed by atoms with van der Waals surface area (Å²) in [6.45, 7) is 14.2. The summed E-state index contributed by atoms with van der Waals surface area (Å²) in [7, 11) is 0. The van der Waals surface area contributed by atoms with E-state index in [0.29, 0.717) is 24.3 Å². The van der Waals surface area contributed by atoms with Crippen molar-refractivity contribution in [3.63, 3.8) is 0 Å². The van der Waals surface area contributed by atoms with E-state index in [-0.39, 0.29) is 18.6 Å². The minimum absolute atomic E-state index is 0.0721. The van der Waals surface area contributed by atoms with Gasteiger partial charge in [0.05, 0.1) is 0 Å². The van der Waals surface area contributed by atoms with Crippen LogP contribution in [-0.2, 0) is 31.8 Å². The number of carbonyl (C=O) groups is 3. The standard InChI is InChI=1S/C30H37NO7/c1-8-18-35-25(32)21-13-9-10-14-23(21)36-24-15-11-12-20-16-17-30(19-22(20)24,26(33)37-28(2,3)4)31-27(34)38-29(5,6)7/h8-15H,1,16-19H2,2-7H3,(H,31,34)/t30-/m0/s1. The van der Waals surface area contributed by atoms with E-state index in [4.69, 9.17) is 18.9 Å². The Hall–Kier alpha value is -3.81. The summed E-state index contributed by atoms with van der Waals surface area (Å²) in [6.07, 6.45) is 1.71. The second-order valence-electron chi connectivity index (χ2n) is 11.3. The molecule has 8 nitrogen and oxygen atoms in total. The van der Waals surface area contributed by atoms with E-state index in [1.807, 2.05) is 12.1 Å². The number of carbonyl (C=O) groups excluding carboxylic acids is 3. The lowest BCUT2D eigenvalue weighted by Gasteiger charge is -2.39. The zero-order chi connectivity index (χ0) is 28.1. The van der Waals surface area contributed by atoms with E-state index in [1.165, 1.54) is 6.08 Å². The van der Waals surface area contributed by atoms with Gasteiger partial charge < -0.3 is 24.3 Å². The molecule has 0 saturated heterocycles. The Morgan fingerprint density at radius 3 is 2.26 bits per heavy atom. The van der Waals surface area contributed by atoms with Crippen molar-refractivity contribution >= 4 is 18.0 Å². The van der Waals surface area contributed by atoms with E-state index in [2.05, 4.69) is 11.9 Å². The van der Waals surface area contributed by atoms with Gasteiger partial charge in [0.1, 0.15) is 40.4 Å². The first-order valence-electron chi connectivity index (χ1n) is 12.6. The lowest BCUT2D eigenvalue weighted by atomic mass is 9.77. The molecule has 1 atom stereocenters. The Labute approximate surface area is 224 Å². The maximum Gasteiger partial charge on any atom is 0.408 e. The van der Waals surface area contributed by atoms with Crippen LogP contribution in [0.2, 0.25) is 0 Å². The minimum Gasteiger partial charge on any atom is -0.458 e. The van der Waals surface area contributed by atoms with E-state index < -0.39 is 34.8 Å². The predicted octanol–water partition coefficient (Wildman–Crippen LogP) is 5.92. The highest BCUT2D eigenvalue weighted by Gasteiger charge is 2.47. The fourth-order valence-electron chi connectivity index (χ4n) is 4.14. The first kappa shape index (κ1) is 28.8. The number of amides is 1. The van der Waals surface area contributed by atoms with Crippen molar-refractivity contribution in [2.45, 2.75) is 77.5 Å². The molecule has 204 valence electrons. The average molecular weight is 524 g/mol. The van der Waals surface area contributed by atoms with Gasteiger partial charge in [-0.3, -0.25) is 0 Å². The van der Waals surface area contributed by atoms with Crippen LogP contribution in [-0.4, -0.2) is 41.4 Å². The Balaban J connectivity index is 1.99. The SMILES string of the molecule is C=CCOC(=O)c1ccccc1Oc1cccc2c1C[C@](NC(=O)OC(C)(C)C)(C(=O)OC(C)(C)C)CC2. The number of rotatable bonds is 7. The molecule has 1 aliphatic carbocycles. The maximum absolute atomic E-state index is 13.6. The number of aryl methyl sites for hydroxylation is 1.